The number of hydrogen-bond donors (Lipinski definition) is 0. The van der Waals surface area contributed by atoms with Crippen LogP contribution in [-0.2, 0) is 18.3 Å². The van der Waals surface area contributed by atoms with E-state index in [9.17, 15) is 0 Å². The van der Waals surface area contributed by atoms with E-state index >= 15 is 0 Å². The van der Waals surface area contributed by atoms with E-state index in [1.165, 1.54) is 0 Å². The van der Waals surface area contributed by atoms with E-state index < -0.39 is 31.3 Å². The first-order valence-corrected chi connectivity index (χ1v) is 8.76. The van der Waals surface area contributed by atoms with Crippen LogP contribution in [0, 0.1) is 0 Å². The minimum absolute atomic E-state index is 0. The summed E-state index contributed by atoms with van der Waals surface area (Å²) in [5.41, 5.74) is 0. The fourth-order valence-corrected chi connectivity index (χ4v) is 0. The molecule has 0 atom stereocenters. The molecule has 0 saturated carbocycles. The quantitative estimate of drug-likeness (QED) is 0.208. The Bertz CT molecular complexity index is 305. The van der Waals surface area contributed by atoms with Gasteiger partial charge in [0.1, 0.15) is 0 Å². The molecule has 0 aromatic heterocycles. The monoisotopic (exact) mass is 527 g/mol. The van der Waals surface area contributed by atoms with Crippen molar-refractivity contribution in [3.63, 3.8) is 0 Å². The van der Waals surface area contributed by atoms with Crippen LogP contribution in [0.5, 0.6) is 0 Å². The van der Waals surface area contributed by atoms with Gasteiger partial charge in [-0.2, -0.15) is 31.3 Å². The van der Waals surface area contributed by atoms with Crippen molar-refractivity contribution in [3.8, 4) is 0 Å². The largest absolute Gasteiger partial charge is 2.00 e. The summed E-state index contributed by atoms with van der Waals surface area (Å²) in [6, 6.07) is 0. The van der Waals surface area contributed by atoms with Crippen molar-refractivity contribution in [2.24, 2.45) is 0 Å². The molecule has 0 aromatic carbocycles. The van der Waals surface area contributed by atoms with Crippen LogP contribution in [0.25, 0.3) is 0 Å². The summed E-state index contributed by atoms with van der Waals surface area (Å²) in [7, 11) is -21.6. The molecule has 0 amide bonds. The fourth-order valence-electron chi connectivity index (χ4n) is 0. The Morgan fingerprint density at radius 2 is 0.308 bits per heavy atom. The Kier molecular flexibility index (Phi) is 72.3. The molecule has 26 heteroatoms. The van der Waals surface area contributed by atoms with Crippen LogP contribution in [0.2, 0.25) is 0 Å². The SMILES string of the molecule is O=P([O-])([O-])[O-].O=P([O-])([O-])[O-].O=P([O-])([O-])[O-].O=P([O-])([O-])[O-].[Be+2].[Be+2].[Be+2].[Ca+2].[Ca+2].[Ca+2]. The Hall–Kier alpha value is 4.73. The third kappa shape index (κ3) is 989. The molecular weight excluding hydrogens is 527 g/mol. The number of rotatable bonds is 0. The molecule has 0 aliphatic heterocycles. The standard InChI is InChI=1S/3Be.3Ca.4H3O4P/c;;;;;;4*1-5(2,3)4/h;;;;;;4*(H3,1,2,3,4)/q6*+2;;;;/p-12. The minimum atomic E-state index is -5.39. The molecule has 0 rings (SSSR count). The maximum atomic E-state index is 8.55. The van der Waals surface area contributed by atoms with Crippen molar-refractivity contribution >= 4 is 175 Å². The van der Waals surface area contributed by atoms with Crippen molar-refractivity contribution < 1.29 is 77.0 Å². The second kappa shape index (κ2) is 29.7. The van der Waals surface area contributed by atoms with Gasteiger partial charge >= 0.3 is 144 Å². The second-order valence-electron chi connectivity index (χ2n) is 1.79. The first kappa shape index (κ1) is 63.2. The van der Waals surface area contributed by atoms with Gasteiger partial charge in [-0.3, -0.25) is 0 Å². The molecular formula is Be3Ca3O16P4. The fraction of sp³-hybridized carbons (Fsp3) is 0. The summed E-state index contributed by atoms with van der Waals surface area (Å²) in [5, 5.41) is 0. The molecule has 0 N–H and O–H groups in total. The summed E-state index contributed by atoms with van der Waals surface area (Å²) in [6.07, 6.45) is 0. The van der Waals surface area contributed by atoms with Gasteiger partial charge in [0.25, 0.3) is 0 Å². The summed E-state index contributed by atoms with van der Waals surface area (Å²) < 4.78 is 34.2. The third-order valence-corrected chi connectivity index (χ3v) is 0. The Labute approximate surface area is 247 Å². The van der Waals surface area contributed by atoms with Crippen molar-refractivity contribution in [1.29, 1.82) is 0 Å². The van der Waals surface area contributed by atoms with Gasteiger partial charge in [0, 0.05) is 0 Å². The van der Waals surface area contributed by atoms with E-state index in [0.29, 0.717) is 0 Å². The first-order chi connectivity index (χ1) is 8.00. The minimum Gasteiger partial charge on any atom is -0.822 e. The van der Waals surface area contributed by atoms with E-state index in [1.54, 1.807) is 0 Å². The Balaban J connectivity index is -0.0000000152. The van der Waals surface area contributed by atoms with Crippen LogP contribution in [0.4, 0.5) is 0 Å². The first-order valence-electron chi connectivity index (χ1n) is 2.92. The molecule has 16 nitrogen and oxygen atoms in total. The molecule has 26 heavy (non-hydrogen) atoms. The molecule has 0 heterocycles. The van der Waals surface area contributed by atoms with Crippen LogP contribution in [-0.4, -0.2) is 144 Å². The summed E-state index contributed by atoms with van der Waals surface area (Å²) in [6.45, 7) is 0. The van der Waals surface area contributed by atoms with Gasteiger partial charge in [-0.1, -0.05) is 0 Å². The zero-order chi connectivity index (χ0) is 18.0. The van der Waals surface area contributed by atoms with E-state index in [4.69, 9.17) is 77.0 Å². The molecule has 0 fully saturated rings. The average molecular weight is 527 g/mol. The van der Waals surface area contributed by atoms with Gasteiger partial charge in [-0.05, 0) is 0 Å². The summed E-state index contributed by atoms with van der Waals surface area (Å²) >= 11 is 0. The Morgan fingerprint density at radius 3 is 0.308 bits per heavy atom. The third-order valence-electron chi connectivity index (χ3n) is 0. The molecule has 0 radical (unpaired) electrons. The molecule has 128 valence electrons. The molecule has 0 aromatic rings. The Morgan fingerprint density at radius 1 is 0.308 bits per heavy atom. The topological polar surface area (TPSA) is 345 Å². The van der Waals surface area contributed by atoms with Crippen molar-refractivity contribution in [3.05, 3.63) is 0 Å². The average Bonchev–Trinajstić information content (AvgIpc) is 1.62. The molecule has 0 bridgehead atoms. The van der Waals surface area contributed by atoms with Crippen molar-refractivity contribution in [2.75, 3.05) is 0 Å². The second-order valence-corrected chi connectivity index (χ2v) is 5.37. The molecule has 0 unspecified atom stereocenters. The maximum Gasteiger partial charge on any atom is 2.00 e. The van der Waals surface area contributed by atoms with Gasteiger partial charge in [0.15, 0.2) is 0 Å². The molecule has 0 saturated heterocycles. The predicted molar refractivity (Wildman–Crippen MR) is 64.9 cm³/mol. The van der Waals surface area contributed by atoms with Gasteiger partial charge in [-0.15, -0.1) is 0 Å². The van der Waals surface area contributed by atoms with Crippen molar-refractivity contribution in [1.82, 2.24) is 0 Å². The van der Waals surface area contributed by atoms with Crippen LogP contribution < -0.4 is 58.7 Å². The predicted octanol–water partition coefficient (Wildman–Crippen LogP) is -13.6. The number of hydrogen-bond acceptors (Lipinski definition) is 16. The van der Waals surface area contributed by atoms with E-state index in [0.717, 1.165) is 0 Å². The van der Waals surface area contributed by atoms with Gasteiger partial charge in [0.05, 0.1) is 0 Å². The van der Waals surface area contributed by atoms with Crippen LogP contribution in [0.15, 0.2) is 0 Å². The molecule has 0 spiro atoms. The molecule has 0 aliphatic carbocycles. The van der Waals surface area contributed by atoms with E-state index in [-0.39, 0.29) is 144 Å². The van der Waals surface area contributed by atoms with Crippen LogP contribution in [0.1, 0.15) is 0 Å². The van der Waals surface area contributed by atoms with Crippen molar-refractivity contribution in [2.45, 2.75) is 0 Å². The van der Waals surface area contributed by atoms with Crippen LogP contribution in [0.3, 0.4) is 0 Å². The van der Waals surface area contributed by atoms with Gasteiger partial charge in [-0.25, -0.2) is 0 Å². The van der Waals surface area contributed by atoms with Gasteiger partial charge < -0.3 is 77.0 Å². The smallest absolute Gasteiger partial charge is 0.822 e. The van der Waals surface area contributed by atoms with Gasteiger partial charge in [0.2, 0.25) is 0 Å². The van der Waals surface area contributed by atoms with E-state index in [2.05, 4.69) is 0 Å². The zero-order valence-corrected chi connectivity index (χ0v) is 22.8. The summed E-state index contributed by atoms with van der Waals surface area (Å²) in [4.78, 5) is 103. The summed E-state index contributed by atoms with van der Waals surface area (Å²) in [5.74, 6) is 0. The maximum absolute atomic E-state index is 8.55. The van der Waals surface area contributed by atoms with Crippen LogP contribution >= 0.6 is 31.3 Å². The number of phosphoric acid groups is 4. The normalized spacial score (nSPS) is 9.08. The van der Waals surface area contributed by atoms with E-state index in [1.807, 2.05) is 0 Å². The zero-order valence-electron chi connectivity index (χ0n) is 12.6. The molecule has 0 aliphatic rings.